The molecule has 0 aromatic carbocycles. The minimum atomic E-state index is -0.844. The maximum atomic E-state index is 10.7. The van der Waals surface area contributed by atoms with Crippen LogP contribution >= 0.6 is 0 Å². The molecule has 0 aromatic heterocycles. The lowest BCUT2D eigenvalue weighted by molar-refractivity contribution is -0.184. The van der Waals surface area contributed by atoms with Crippen LogP contribution in [0.2, 0.25) is 0 Å². The van der Waals surface area contributed by atoms with Crippen molar-refractivity contribution < 1.29 is 15.3 Å². The summed E-state index contributed by atoms with van der Waals surface area (Å²) in [5.74, 6) is 0.438. The minimum absolute atomic E-state index is 0.0803. The third-order valence-corrected chi connectivity index (χ3v) is 5.71. The monoisotopic (exact) mass is 256 g/mol. The summed E-state index contributed by atoms with van der Waals surface area (Å²) in [7, 11) is 0. The van der Waals surface area contributed by atoms with Crippen LogP contribution in [0, 0.1) is 23.2 Å². The van der Waals surface area contributed by atoms with Gasteiger partial charge in [0.2, 0.25) is 0 Å². The van der Waals surface area contributed by atoms with E-state index >= 15 is 0 Å². The highest BCUT2D eigenvalue weighted by molar-refractivity contribution is 5.05. The zero-order valence-electron chi connectivity index (χ0n) is 12.1. The Hall–Kier alpha value is -0.120. The van der Waals surface area contributed by atoms with Gasteiger partial charge in [-0.3, -0.25) is 0 Å². The number of aliphatic hydroxyl groups excluding tert-OH is 2. The summed E-state index contributed by atoms with van der Waals surface area (Å²) in [6.07, 6.45) is 2.69. The van der Waals surface area contributed by atoms with Crippen LogP contribution in [-0.4, -0.2) is 33.1 Å². The maximum absolute atomic E-state index is 10.7. The first kappa shape index (κ1) is 14.3. The van der Waals surface area contributed by atoms with E-state index in [1.165, 1.54) is 0 Å². The number of fused-ring (bicyclic) bond motifs is 1. The van der Waals surface area contributed by atoms with Crippen molar-refractivity contribution in [2.24, 2.45) is 23.2 Å². The highest BCUT2D eigenvalue weighted by atomic mass is 16.3. The predicted molar refractivity (Wildman–Crippen MR) is 71.0 cm³/mol. The van der Waals surface area contributed by atoms with Crippen molar-refractivity contribution in [3.05, 3.63) is 0 Å². The summed E-state index contributed by atoms with van der Waals surface area (Å²) < 4.78 is 0. The van der Waals surface area contributed by atoms with Crippen LogP contribution in [0.25, 0.3) is 0 Å². The Morgan fingerprint density at radius 1 is 1.11 bits per heavy atom. The van der Waals surface area contributed by atoms with Crippen molar-refractivity contribution in [2.45, 2.75) is 71.2 Å². The van der Waals surface area contributed by atoms with Gasteiger partial charge in [0, 0.05) is 5.92 Å². The van der Waals surface area contributed by atoms with E-state index in [0.29, 0.717) is 5.92 Å². The van der Waals surface area contributed by atoms with Crippen LogP contribution in [0.3, 0.4) is 0 Å². The minimum Gasteiger partial charge on any atom is -0.393 e. The second-order valence-electron chi connectivity index (χ2n) is 7.39. The van der Waals surface area contributed by atoms with Crippen LogP contribution in [0.15, 0.2) is 0 Å². The molecular weight excluding hydrogens is 228 g/mol. The van der Waals surface area contributed by atoms with Gasteiger partial charge in [0.25, 0.3) is 0 Å². The van der Waals surface area contributed by atoms with Crippen molar-refractivity contribution in [3.8, 4) is 0 Å². The first-order valence-electron chi connectivity index (χ1n) is 7.26. The molecule has 2 aliphatic rings. The van der Waals surface area contributed by atoms with Crippen molar-refractivity contribution in [1.82, 2.24) is 0 Å². The molecule has 18 heavy (non-hydrogen) atoms. The Kier molecular flexibility index (Phi) is 3.54. The topological polar surface area (TPSA) is 60.7 Å². The Morgan fingerprint density at radius 3 is 2.28 bits per heavy atom. The van der Waals surface area contributed by atoms with Gasteiger partial charge in [0.05, 0.1) is 17.8 Å². The zero-order valence-corrected chi connectivity index (χ0v) is 12.1. The number of hydrogen-bond donors (Lipinski definition) is 3. The van der Waals surface area contributed by atoms with Crippen molar-refractivity contribution in [3.63, 3.8) is 0 Å². The molecule has 2 aliphatic carbocycles. The molecule has 0 aliphatic heterocycles. The second kappa shape index (κ2) is 4.46. The molecule has 0 amide bonds. The summed E-state index contributed by atoms with van der Waals surface area (Å²) >= 11 is 0. The van der Waals surface area contributed by atoms with Gasteiger partial charge in [-0.1, -0.05) is 13.8 Å². The highest BCUT2D eigenvalue weighted by Gasteiger charge is 2.55. The fourth-order valence-electron chi connectivity index (χ4n) is 4.52. The van der Waals surface area contributed by atoms with Crippen molar-refractivity contribution in [1.29, 1.82) is 0 Å². The summed E-state index contributed by atoms with van der Waals surface area (Å²) in [6, 6.07) is 0. The number of rotatable bonds is 1. The van der Waals surface area contributed by atoms with E-state index in [1.54, 1.807) is 13.8 Å². The van der Waals surface area contributed by atoms with E-state index in [-0.39, 0.29) is 23.4 Å². The first-order chi connectivity index (χ1) is 8.18. The lowest BCUT2D eigenvalue weighted by atomic mass is 9.51. The second-order valence-corrected chi connectivity index (χ2v) is 7.39. The van der Waals surface area contributed by atoms with Crippen molar-refractivity contribution >= 4 is 0 Å². The zero-order chi connectivity index (χ0) is 13.7. The molecule has 106 valence electrons. The third-order valence-electron chi connectivity index (χ3n) is 5.71. The quantitative estimate of drug-likeness (QED) is 0.672. The lowest BCUT2D eigenvalue weighted by Gasteiger charge is -2.57. The van der Waals surface area contributed by atoms with Crippen molar-refractivity contribution in [2.75, 3.05) is 0 Å². The normalized spacial score (nSPS) is 49.8. The maximum Gasteiger partial charge on any atom is 0.0644 e. The van der Waals surface area contributed by atoms with Gasteiger partial charge in [0.1, 0.15) is 0 Å². The fraction of sp³-hybridized carbons (Fsp3) is 1.00. The summed E-state index contributed by atoms with van der Waals surface area (Å²) in [5, 5.41) is 31.2. The molecule has 3 heteroatoms. The van der Waals surface area contributed by atoms with Crippen LogP contribution < -0.4 is 0 Å². The summed E-state index contributed by atoms with van der Waals surface area (Å²) in [4.78, 5) is 0. The first-order valence-corrected chi connectivity index (χ1v) is 7.26. The van der Waals surface area contributed by atoms with E-state index in [2.05, 4.69) is 13.8 Å². The summed E-state index contributed by atoms with van der Waals surface area (Å²) in [5.41, 5.74) is -1.03. The Labute approximate surface area is 110 Å². The molecule has 6 atom stereocenters. The third kappa shape index (κ3) is 2.10. The number of hydrogen-bond acceptors (Lipinski definition) is 3. The Bertz CT molecular complexity index is 309. The lowest BCUT2D eigenvalue weighted by Crippen LogP contribution is -2.59. The van der Waals surface area contributed by atoms with Gasteiger partial charge in [-0.15, -0.1) is 0 Å². The van der Waals surface area contributed by atoms with Crippen LogP contribution in [0.1, 0.15) is 53.4 Å². The molecule has 3 nitrogen and oxygen atoms in total. The van der Waals surface area contributed by atoms with E-state index in [0.717, 1.165) is 25.7 Å². The average Bonchev–Trinajstić information content (AvgIpc) is 2.22. The van der Waals surface area contributed by atoms with Gasteiger partial charge >= 0.3 is 0 Å². The van der Waals surface area contributed by atoms with E-state index in [4.69, 9.17) is 0 Å². The fourth-order valence-corrected chi connectivity index (χ4v) is 4.52. The highest BCUT2D eigenvalue weighted by Crippen LogP contribution is 2.55. The largest absolute Gasteiger partial charge is 0.393 e. The molecule has 0 aromatic rings. The molecule has 0 saturated heterocycles. The Morgan fingerprint density at radius 2 is 1.72 bits per heavy atom. The molecule has 0 radical (unpaired) electrons. The van der Waals surface area contributed by atoms with E-state index in [9.17, 15) is 15.3 Å². The number of aliphatic hydroxyl groups is 3. The van der Waals surface area contributed by atoms with Crippen LogP contribution in [-0.2, 0) is 0 Å². The molecular formula is C15H28O3. The van der Waals surface area contributed by atoms with Gasteiger partial charge in [-0.25, -0.2) is 0 Å². The molecule has 2 fully saturated rings. The van der Waals surface area contributed by atoms with Gasteiger partial charge in [-0.05, 0) is 56.8 Å². The summed E-state index contributed by atoms with van der Waals surface area (Å²) in [6.45, 7) is 7.85. The Balaban J connectivity index is 2.29. The average molecular weight is 256 g/mol. The van der Waals surface area contributed by atoms with Gasteiger partial charge in [-0.2, -0.15) is 0 Å². The molecule has 0 heterocycles. The molecule has 0 bridgehead atoms. The standard InChI is InChI=1S/C15H28O3/c1-9-5-6-11(16)15(4)8-7-10(14(2,3)18)13(17)12(9)15/h9-13,16-18H,5-8H2,1-4H3/t9-,10+,11?,12+,13?,15-/m0/s1. The van der Waals surface area contributed by atoms with Gasteiger partial charge in [0.15, 0.2) is 0 Å². The van der Waals surface area contributed by atoms with E-state index < -0.39 is 11.7 Å². The molecule has 2 saturated carbocycles. The van der Waals surface area contributed by atoms with Crippen LogP contribution in [0.5, 0.6) is 0 Å². The molecule has 2 unspecified atom stereocenters. The van der Waals surface area contributed by atoms with E-state index in [1.807, 2.05) is 0 Å². The predicted octanol–water partition coefficient (Wildman–Crippen LogP) is 1.94. The smallest absolute Gasteiger partial charge is 0.0644 e. The molecule has 3 N–H and O–H groups in total. The van der Waals surface area contributed by atoms with Crippen LogP contribution in [0.4, 0.5) is 0 Å². The van der Waals surface area contributed by atoms with Gasteiger partial charge < -0.3 is 15.3 Å². The molecule has 2 rings (SSSR count). The SMILES string of the molecule is C[C@H]1CCC(O)[C@]2(C)CC[C@@H](C(C)(C)O)C(O)[C@@H]12. The molecule has 0 spiro atoms.